The quantitative estimate of drug-likeness (QED) is 0.741. The summed E-state index contributed by atoms with van der Waals surface area (Å²) in [5.74, 6) is 1.21. The van der Waals surface area contributed by atoms with E-state index in [1.54, 1.807) is 23.4 Å². The highest BCUT2D eigenvalue weighted by Gasteiger charge is 2.01. The first kappa shape index (κ1) is 12.2. The first-order valence-corrected chi connectivity index (χ1v) is 6.22. The summed E-state index contributed by atoms with van der Waals surface area (Å²) in [6, 6.07) is 11.7. The van der Waals surface area contributed by atoms with Crippen molar-refractivity contribution in [3.05, 3.63) is 60.1 Å². The molecule has 100 valence electrons. The first-order valence-electron chi connectivity index (χ1n) is 6.22. The van der Waals surface area contributed by atoms with Gasteiger partial charge in [-0.05, 0) is 30.7 Å². The number of aryl methyl sites for hydroxylation is 1. The van der Waals surface area contributed by atoms with Gasteiger partial charge in [0.1, 0.15) is 5.76 Å². The van der Waals surface area contributed by atoms with Crippen LogP contribution in [0.4, 0.5) is 5.95 Å². The predicted molar refractivity (Wildman–Crippen MR) is 78.5 cm³/mol. The predicted octanol–water partition coefficient (Wildman–Crippen LogP) is 2.92. The minimum absolute atomic E-state index is 0.376. The Balaban J connectivity index is 1.88. The standard InChI is InChI=1S/C15H14N4O/c1-11-10-19(15(16)18-11)17-9-12-4-2-5-13(8-12)14-6-3-7-20-14/h2-10H,1H3,(H2,16,18). The third-order valence-corrected chi connectivity index (χ3v) is 2.86. The van der Waals surface area contributed by atoms with Gasteiger partial charge in [-0.1, -0.05) is 18.2 Å². The number of hydrogen-bond donors (Lipinski definition) is 1. The Hall–Kier alpha value is -2.82. The lowest BCUT2D eigenvalue weighted by atomic mass is 10.1. The Kier molecular flexibility index (Phi) is 3.09. The van der Waals surface area contributed by atoms with E-state index in [4.69, 9.17) is 10.2 Å². The van der Waals surface area contributed by atoms with Crippen molar-refractivity contribution in [1.29, 1.82) is 0 Å². The van der Waals surface area contributed by atoms with Crippen molar-refractivity contribution in [3.63, 3.8) is 0 Å². The number of benzene rings is 1. The van der Waals surface area contributed by atoms with Crippen LogP contribution >= 0.6 is 0 Å². The van der Waals surface area contributed by atoms with Gasteiger partial charge in [0.05, 0.1) is 24.4 Å². The molecule has 0 saturated carbocycles. The molecule has 5 heteroatoms. The minimum Gasteiger partial charge on any atom is -0.464 e. The molecule has 2 heterocycles. The molecule has 3 rings (SSSR count). The molecule has 3 aromatic rings. The van der Waals surface area contributed by atoms with Crippen LogP contribution in [0.1, 0.15) is 11.3 Å². The molecule has 1 aromatic carbocycles. The molecule has 0 bridgehead atoms. The first-order chi connectivity index (χ1) is 9.72. The van der Waals surface area contributed by atoms with Crippen LogP contribution < -0.4 is 5.73 Å². The summed E-state index contributed by atoms with van der Waals surface area (Å²) in [6.07, 6.45) is 5.18. The van der Waals surface area contributed by atoms with Gasteiger partial charge in [-0.3, -0.25) is 0 Å². The number of rotatable bonds is 3. The molecular weight excluding hydrogens is 252 g/mol. The molecule has 0 amide bonds. The highest BCUT2D eigenvalue weighted by atomic mass is 16.3. The average Bonchev–Trinajstić information content (AvgIpc) is 3.07. The van der Waals surface area contributed by atoms with Gasteiger partial charge < -0.3 is 10.2 Å². The molecule has 20 heavy (non-hydrogen) atoms. The zero-order valence-corrected chi connectivity index (χ0v) is 11.0. The fraction of sp³-hybridized carbons (Fsp3) is 0.0667. The van der Waals surface area contributed by atoms with E-state index >= 15 is 0 Å². The summed E-state index contributed by atoms with van der Waals surface area (Å²) in [7, 11) is 0. The second kappa shape index (κ2) is 5.05. The zero-order chi connectivity index (χ0) is 13.9. The largest absolute Gasteiger partial charge is 0.464 e. The molecule has 2 N–H and O–H groups in total. The van der Waals surface area contributed by atoms with Crippen molar-refractivity contribution in [3.8, 4) is 11.3 Å². The highest BCUT2D eigenvalue weighted by molar-refractivity contribution is 5.82. The SMILES string of the molecule is Cc1cn(N=Cc2cccc(-c3ccco3)c2)c(N)n1. The second-order valence-corrected chi connectivity index (χ2v) is 4.43. The van der Waals surface area contributed by atoms with Crippen molar-refractivity contribution in [1.82, 2.24) is 9.66 Å². The van der Waals surface area contributed by atoms with Gasteiger partial charge in [0, 0.05) is 5.56 Å². The zero-order valence-electron chi connectivity index (χ0n) is 11.0. The Morgan fingerprint density at radius 2 is 2.20 bits per heavy atom. The molecule has 0 radical (unpaired) electrons. The maximum atomic E-state index is 5.74. The molecule has 0 aliphatic heterocycles. The van der Waals surface area contributed by atoms with E-state index < -0.39 is 0 Å². The number of imidazole rings is 1. The van der Waals surface area contributed by atoms with Gasteiger partial charge in [0.15, 0.2) is 0 Å². The maximum Gasteiger partial charge on any atom is 0.221 e. The van der Waals surface area contributed by atoms with Gasteiger partial charge in [-0.25, -0.2) is 9.66 Å². The summed E-state index contributed by atoms with van der Waals surface area (Å²) in [5.41, 5.74) is 8.54. The van der Waals surface area contributed by atoms with Crippen molar-refractivity contribution in [2.75, 3.05) is 5.73 Å². The lowest BCUT2D eigenvalue weighted by molar-refractivity contribution is 0.582. The number of aromatic nitrogens is 2. The van der Waals surface area contributed by atoms with Gasteiger partial charge >= 0.3 is 0 Å². The lowest BCUT2D eigenvalue weighted by Gasteiger charge is -1.99. The van der Waals surface area contributed by atoms with Crippen LogP contribution in [0.25, 0.3) is 11.3 Å². The topological polar surface area (TPSA) is 69.3 Å². The van der Waals surface area contributed by atoms with E-state index in [2.05, 4.69) is 10.1 Å². The van der Waals surface area contributed by atoms with Crippen LogP contribution in [-0.2, 0) is 0 Å². The molecular formula is C15H14N4O. The Morgan fingerprint density at radius 3 is 2.90 bits per heavy atom. The smallest absolute Gasteiger partial charge is 0.221 e. The van der Waals surface area contributed by atoms with E-state index in [0.29, 0.717) is 5.95 Å². The van der Waals surface area contributed by atoms with E-state index in [0.717, 1.165) is 22.6 Å². The van der Waals surface area contributed by atoms with E-state index in [1.807, 2.05) is 43.3 Å². The van der Waals surface area contributed by atoms with Gasteiger partial charge in [0.2, 0.25) is 5.95 Å². The monoisotopic (exact) mass is 266 g/mol. The van der Waals surface area contributed by atoms with Crippen molar-refractivity contribution < 1.29 is 4.42 Å². The van der Waals surface area contributed by atoms with Crippen molar-refractivity contribution in [2.45, 2.75) is 6.92 Å². The second-order valence-electron chi connectivity index (χ2n) is 4.43. The third kappa shape index (κ3) is 2.47. The van der Waals surface area contributed by atoms with Gasteiger partial charge in [-0.2, -0.15) is 5.10 Å². The molecule has 0 spiro atoms. The maximum absolute atomic E-state index is 5.74. The number of nitrogen functional groups attached to an aromatic ring is 1. The molecule has 0 unspecified atom stereocenters. The molecule has 0 fully saturated rings. The van der Waals surface area contributed by atoms with E-state index in [1.165, 1.54) is 0 Å². The summed E-state index contributed by atoms with van der Waals surface area (Å²) in [6.45, 7) is 1.87. The summed E-state index contributed by atoms with van der Waals surface area (Å²) < 4.78 is 6.93. The fourth-order valence-corrected chi connectivity index (χ4v) is 1.94. The number of nitrogens with zero attached hydrogens (tertiary/aromatic N) is 3. The molecule has 0 aliphatic rings. The van der Waals surface area contributed by atoms with Crippen LogP contribution in [-0.4, -0.2) is 15.9 Å². The minimum atomic E-state index is 0.376. The summed E-state index contributed by atoms with van der Waals surface area (Å²) >= 11 is 0. The summed E-state index contributed by atoms with van der Waals surface area (Å²) in [5, 5.41) is 4.29. The normalized spacial score (nSPS) is 11.2. The van der Waals surface area contributed by atoms with Crippen LogP contribution in [0.2, 0.25) is 0 Å². The Labute approximate surface area is 116 Å². The Morgan fingerprint density at radius 1 is 1.30 bits per heavy atom. The van der Waals surface area contributed by atoms with Crippen LogP contribution in [0, 0.1) is 6.92 Å². The van der Waals surface area contributed by atoms with E-state index in [-0.39, 0.29) is 0 Å². The molecule has 0 saturated heterocycles. The van der Waals surface area contributed by atoms with Gasteiger partial charge in [0.25, 0.3) is 0 Å². The van der Waals surface area contributed by atoms with Crippen LogP contribution in [0.3, 0.4) is 0 Å². The Bertz CT molecular complexity index is 741. The number of nitrogens with two attached hydrogens (primary N) is 1. The van der Waals surface area contributed by atoms with Gasteiger partial charge in [-0.15, -0.1) is 0 Å². The van der Waals surface area contributed by atoms with Crippen LogP contribution in [0.5, 0.6) is 0 Å². The molecule has 2 aromatic heterocycles. The third-order valence-electron chi connectivity index (χ3n) is 2.86. The summed E-state index contributed by atoms with van der Waals surface area (Å²) in [4.78, 5) is 4.09. The van der Waals surface area contributed by atoms with E-state index in [9.17, 15) is 0 Å². The fourth-order valence-electron chi connectivity index (χ4n) is 1.94. The molecule has 5 nitrogen and oxygen atoms in total. The lowest BCUT2D eigenvalue weighted by Crippen LogP contribution is -1.97. The van der Waals surface area contributed by atoms with Crippen molar-refractivity contribution in [2.24, 2.45) is 5.10 Å². The van der Waals surface area contributed by atoms with Crippen molar-refractivity contribution >= 4 is 12.2 Å². The average molecular weight is 266 g/mol. The van der Waals surface area contributed by atoms with Crippen LogP contribution in [0.15, 0.2) is 58.4 Å². The number of furan rings is 1. The molecule has 0 atom stereocenters. The molecule has 0 aliphatic carbocycles. The highest BCUT2D eigenvalue weighted by Crippen LogP contribution is 2.20. The number of anilines is 1. The number of hydrogen-bond acceptors (Lipinski definition) is 4.